The number of aliphatic hydroxyl groups excluding tert-OH is 1. The van der Waals surface area contributed by atoms with Crippen LogP contribution in [0.4, 0.5) is 0 Å². The Kier molecular flexibility index (Phi) is 3.42. The molecule has 0 aromatic carbocycles. The van der Waals surface area contributed by atoms with Gasteiger partial charge in [0.25, 0.3) is 11.7 Å². The molecule has 0 unspecified atom stereocenters. The number of hydrogen-bond donors (Lipinski definition) is 2. The minimum Gasteiger partial charge on any atom is -0.395 e. The highest BCUT2D eigenvalue weighted by atomic mass is 16.3. The number of nitrogens with zero attached hydrogens (tertiary/aromatic N) is 5. The minimum absolute atomic E-state index is 0.107. The number of aliphatic hydroxyl groups is 1. The molecule has 0 atom stereocenters. The monoisotopic (exact) mass is 226 g/mol. The van der Waals surface area contributed by atoms with Gasteiger partial charge in [0.05, 0.1) is 6.61 Å². The van der Waals surface area contributed by atoms with Crippen molar-refractivity contribution in [3.63, 3.8) is 0 Å². The first-order valence-corrected chi connectivity index (χ1v) is 5.17. The SMILES string of the molecule is O=C(c1nn[nH]n1)N1CCN(CCO)CC1. The van der Waals surface area contributed by atoms with E-state index in [1.807, 2.05) is 0 Å². The van der Waals surface area contributed by atoms with Gasteiger partial charge in [0, 0.05) is 32.7 Å². The molecule has 0 spiro atoms. The number of nitrogens with one attached hydrogen (secondary N) is 1. The number of rotatable bonds is 3. The molecule has 88 valence electrons. The van der Waals surface area contributed by atoms with Crippen molar-refractivity contribution in [2.45, 2.75) is 0 Å². The lowest BCUT2D eigenvalue weighted by Crippen LogP contribution is -2.49. The third kappa shape index (κ3) is 2.34. The number of β-amino-alcohol motifs (C(OH)–C–C–N with tert-alkyl or cyclic N) is 1. The lowest BCUT2D eigenvalue weighted by atomic mass is 10.3. The number of aromatic amines is 1. The predicted octanol–water partition coefficient (Wildman–Crippen LogP) is -2.05. The van der Waals surface area contributed by atoms with Gasteiger partial charge in [-0.2, -0.15) is 5.21 Å². The summed E-state index contributed by atoms with van der Waals surface area (Å²) in [4.78, 5) is 15.6. The van der Waals surface area contributed by atoms with Crippen LogP contribution in [0.5, 0.6) is 0 Å². The molecule has 0 radical (unpaired) electrons. The van der Waals surface area contributed by atoms with Crippen molar-refractivity contribution in [2.24, 2.45) is 0 Å². The number of aromatic nitrogens is 4. The van der Waals surface area contributed by atoms with Gasteiger partial charge >= 0.3 is 0 Å². The molecule has 0 bridgehead atoms. The van der Waals surface area contributed by atoms with Gasteiger partial charge in [-0.3, -0.25) is 9.69 Å². The van der Waals surface area contributed by atoms with Crippen molar-refractivity contribution >= 4 is 5.91 Å². The van der Waals surface area contributed by atoms with E-state index >= 15 is 0 Å². The van der Waals surface area contributed by atoms with Crippen LogP contribution < -0.4 is 0 Å². The first-order valence-electron chi connectivity index (χ1n) is 5.17. The van der Waals surface area contributed by atoms with E-state index in [-0.39, 0.29) is 18.3 Å². The molecule has 1 fully saturated rings. The summed E-state index contributed by atoms with van der Waals surface area (Å²) in [6.07, 6.45) is 0. The topological polar surface area (TPSA) is 98.2 Å². The molecule has 1 aromatic heterocycles. The van der Waals surface area contributed by atoms with E-state index in [2.05, 4.69) is 25.5 Å². The first-order chi connectivity index (χ1) is 7.81. The third-order valence-corrected chi connectivity index (χ3v) is 2.61. The van der Waals surface area contributed by atoms with Gasteiger partial charge in [-0.25, -0.2) is 0 Å². The molecule has 8 nitrogen and oxygen atoms in total. The van der Waals surface area contributed by atoms with E-state index in [1.165, 1.54) is 0 Å². The Hall–Kier alpha value is -1.54. The second-order valence-electron chi connectivity index (χ2n) is 3.59. The Bertz CT molecular complexity index is 332. The van der Waals surface area contributed by atoms with Crippen molar-refractivity contribution < 1.29 is 9.90 Å². The maximum absolute atomic E-state index is 11.8. The van der Waals surface area contributed by atoms with Crippen molar-refractivity contribution in [3.05, 3.63) is 5.82 Å². The molecule has 1 amide bonds. The average Bonchev–Trinajstić information content (AvgIpc) is 2.83. The van der Waals surface area contributed by atoms with Gasteiger partial charge in [-0.15, -0.1) is 10.2 Å². The van der Waals surface area contributed by atoms with Crippen LogP contribution in [0, 0.1) is 0 Å². The molecular weight excluding hydrogens is 212 g/mol. The maximum Gasteiger partial charge on any atom is 0.295 e. The third-order valence-electron chi connectivity index (χ3n) is 2.61. The summed E-state index contributed by atoms with van der Waals surface area (Å²) in [5.41, 5.74) is 0. The normalized spacial score (nSPS) is 17.7. The Morgan fingerprint density at radius 3 is 2.69 bits per heavy atom. The summed E-state index contributed by atoms with van der Waals surface area (Å²) in [6, 6.07) is 0. The molecule has 1 saturated heterocycles. The molecular formula is C8H14N6O2. The number of H-pyrrole nitrogens is 1. The highest BCUT2D eigenvalue weighted by Crippen LogP contribution is 2.04. The van der Waals surface area contributed by atoms with Gasteiger partial charge in [-0.1, -0.05) is 0 Å². The fourth-order valence-electron chi connectivity index (χ4n) is 1.71. The molecule has 0 saturated carbocycles. The second-order valence-corrected chi connectivity index (χ2v) is 3.59. The zero-order chi connectivity index (χ0) is 11.4. The maximum atomic E-state index is 11.8. The molecule has 2 rings (SSSR count). The number of carbonyl (C=O) groups excluding carboxylic acids is 1. The van der Waals surface area contributed by atoms with Crippen molar-refractivity contribution in [3.8, 4) is 0 Å². The highest BCUT2D eigenvalue weighted by molar-refractivity contribution is 5.90. The Balaban J connectivity index is 1.87. The second kappa shape index (κ2) is 4.99. The highest BCUT2D eigenvalue weighted by Gasteiger charge is 2.24. The smallest absolute Gasteiger partial charge is 0.295 e. The lowest BCUT2D eigenvalue weighted by molar-refractivity contribution is 0.0603. The van der Waals surface area contributed by atoms with E-state index in [0.717, 1.165) is 13.1 Å². The molecule has 16 heavy (non-hydrogen) atoms. The largest absolute Gasteiger partial charge is 0.395 e. The van der Waals surface area contributed by atoms with Crippen LogP contribution in [0.3, 0.4) is 0 Å². The zero-order valence-corrected chi connectivity index (χ0v) is 8.83. The molecule has 2 heterocycles. The summed E-state index contributed by atoms with van der Waals surface area (Å²) >= 11 is 0. The summed E-state index contributed by atoms with van der Waals surface area (Å²) in [5.74, 6) is -0.0898. The van der Waals surface area contributed by atoms with Crippen LogP contribution >= 0.6 is 0 Å². The van der Waals surface area contributed by atoms with Crippen LogP contribution in [0.2, 0.25) is 0 Å². The van der Waals surface area contributed by atoms with E-state index in [4.69, 9.17) is 5.11 Å². The number of piperazine rings is 1. The fraction of sp³-hybridized carbons (Fsp3) is 0.750. The van der Waals surface area contributed by atoms with Gasteiger partial charge in [-0.05, 0) is 5.21 Å². The van der Waals surface area contributed by atoms with Crippen LogP contribution in [0.1, 0.15) is 10.6 Å². The first kappa shape index (κ1) is 11.0. The summed E-state index contributed by atoms with van der Waals surface area (Å²) in [7, 11) is 0. The average molecular weight is 226 g/mol. The van der Waals surface area contributed by atoms with Crippen LogP contribution in [-0.2, 0) is 0 Å². The molecule has 1 aliphatic heterocycles. The van der Waals surface area contributed by atoms with E-state index < -0.39 is 0 Å². The predicted molar refractivity (Wildman–Crippen MR) is 53.6 cm³/mol. The Morgan fingerprint density at radius 2 is 2.12 bits per heavy atom. The number of carbonyl (C=O) groups is 1. The van der Waals surface area contributed by atoms with Crippen LogP contribution in [0.25, 0.3) is 0 Å². The van der Waals surface area contributed by atoms with Crippen molar-refractivity contribution in [1.82, 2.24) is 30.4 Å². The van der Waals surface area contributed by atoms with Crippen molar-refractivity contribution in [2.75, 3.05) is 39.3 Å². The van der Waals surface area contributed by atoms with Gasteiger partial charge < -0.3 is 10.0 Å². The standard InChI is InChI=1S/C8H14N6O2/c15-6-5-13-1-3-14(4-2-13)8(16)7-9-11-12-10-7/h15H,1-6H2,(H,9,10,11,12). The molecule has 2 N–H and O–H groups in total. The van der Waals surface area contributed by atoms with Gasteiger partial charge in [0.1, 0.15) is 0 Å². The lowest BCUT2D eigenvalue weighted by Gasteiger charge is -2.33. The Labute approximate surface area is 92.2 Å². The quantitative estimate of drug-likeness (QED) is 0.615. The fourth-order valence-corrected chi connectivity index (χ4v) is 1.71. The summed E-state index contributed by atoms with van der Waals surface area (Å²) in [5, 5.41) is 21.7. The molecule has 8 heteroatoms. The molecule has 1 aliphatic rings. The van der Waals surface area contributed by atoms with Crippen molar-refractivity contribution in [1.29, 1.82) is 0 Å². The number of hydrogen-bond acceptors (Lipinski definition) is 6. The summed E-state index contributed by atoms with van der Waals surface area (Å²) in [6.45, 7) is 3.61. The minimum atomic E-state index is -0.197. The van der Waals surface area contributed by atoms with E-state index in [9.17, 15) is 4.79 Å². The van der Waals surface area contributed by atoms with Crippen LogP contribution in [-0.4, -0.2) is 80.8 Å². The van der Waals surface area contributed by atoms with Crippen LogP contribution in [0.15, 0.2) is 0 Å². The van der Waals surface area contributed by atoms with Gasteiger partial charge in [0.2, 0.25) is 0 Å². The Morgan fingerprint density at radius 1 is 1.38 bits per heavy atom. The number of amides is 1. The number of tetrazole rings is 1. The zero-order valence-electron chi connectivity index (χ0n) is 8.83. The summed E-state index contributed by atoms with van der Waals surface area (Å²) < 4.78 is 0. The van der Waals surface area contributed by atoms with Gasteiger partial charge in [0.15, 0.2) is 0 Å². The van der Waals surface area contributed by atoms with E-state index in [0.29, 0.717) is 19.6 Å². The molecule has 0 aliphatic carbocycles. The molecule has 1 aromatic rings. The van der Waals surface area contributed by atoms with E-state index in [1.54, 1.807) is 4.90 Å².